The van der Waals surface area contributed by atoms with Gasteiger partial charge in [-0.3, -0.25) is 4.79 Å². The number of anilines is 1. The van der Waals surface area contributed by atoms with Gasteiger partial charge in [0.2, 0.25) is 0 Å². The molecular weight excluding hydrogens is 209 g/mol. The zero-order valence-electron chi connectivity index (χ0n) is 9.93. The molecule has 0 aliphatic heterocycles. The summed E-state index contributed by atoms with van der Waals surface area (Å²) in [6, 6.07) is 4.38. The Hall–Kier alpha value is -1.42. The number of carbonyl (C=O) groups excluding carboxylic acids is 1. The SMILES string of the molecule is COC(C)(C)C(=O)Nc1cc(C)cc(F)c1. The molecule has 0 saturated carbocycles. The Kier molecular flexibility index (Phi) is 3.65. The number of ether oxygens (including phenoxy) is 1. The number of hydrogen-bond acceptors (Lipinski definition) is 2. The molecule has 0 aromatic heterocycles. The molecule has 4 heteroatoms. The van der Waals surface area contributed by atoms with Crippen molar-refractivity contribution < 1.29 is 13.9 Å². The number of methoxy groups -OCH3 is 1. The van der Waals surface area contributed by atoms with Gasteiger partial charge in [0.1, 0.15) is 11.4 Å². The molecule has 0 aliphatic rings. The van der Waals surface area contributed by atoms with E-state index in [-0.39, 0.29) is 11.7 Å². The lowest BCUT2D eigenvalue weighted by Gasteiger charge is -2.21. The van der Waals surface area contributed by atoms with Crippen molar-refractivity contribution in [2.45, 2.75) is 26.4 Å². The molecule has 0 aliphatic carbocycles. The summed E-state index contributed by atoms with van der Waals surface area (Å²) in [6.45, 7) is 5.06. The van der Waals surface area contributed by atoms with Gasteiger partial charge in [-0.2, -0.15) is 0 Å². The van der Waals surface area contributed by atoms with E-state index in [9.17, 15) is 9.18 Å². The summed E-state index contributed by atoms with van der Waals surface area (Å²) in [6.07, 6.45) is 0. The van der Waals surface area contributed by atoms with Crippen molar-refractivity contribution in [3.8, 4) is 0 Å². The summed E-state index contributed by atoms with van der Waals surface area (Å²) in [5, 5.41) is 2.61. The highest BCUT2D eigenvalue weighted by Gasteiger charge is 2.26. The van der Waals surface area contributed by atoms with Crippen LogP contribution >= 0.6 is 0 Å². The molecule has 1 amide bonds. The summed E-state index contributed by atoms with van der Waals surface area (Å²) in [7, 11) is 1.45. The summed E-state index contributed by atoms with van der Waals surface area (Å²) < 4.78 is 18.1. The van der Waals surface area contributed by atoms with Crippen molar-refractivity contribution in [1.82, 2.24) is 0 Å². The predicted molar refractivity (Wildman–Crippen MR) is 60.9 cm³/mol. The maximum atomic E-state index is 13.1. The van der Waals surface area contributed by atoms with E-state index in [1.165, 1.54) is 19.2 Å². The van der Waals surface area contributed by atoms with E-state index in [0.29, 0.717) is 5.69 Å². The number of benzene rings is 1. The van der Waals surface area contributed by atoms with Crippen LogP contribution in [0.1, 0.15) is 19.4 Å². The lowest BCUT2D eigenvalue weighted by molar-refractivity contribution is -0.133. The van der Waals surface area contributed by atoms with Gasteiger partial charge in [-0.25, -0.2) is 4.39 Å². The third kappa shape index (κ3) is 3.03. The van der Waals surface area contributed by atoms with Gasteiger partial charge >= 0.3 is 0 Å². The summed E-state index contributed by atoms with van der Waals surface area (Å²) in [4.78, 5) is 11.7. The number of carbonyl (C=O) groups is 1. The van der Waals surface area contributed by atoms with E-state index in [1.54, 1.807) is 26.8 Å². The van der Waals surface area contributed by atoms with Crippen molar-refractivity contribution in [1.29, 1.82) is 0 Å². The Balaban J connectivity index is 2.85. The minimum absolute atomic E-state index is 0.306. The number of nitrogens with one attached hydrogen (secondary N) is 1. The van der Waals surface area contributed by atoms with Crippen LogP contribution in [0, 0.1) is 12.7 Å². The number of amides is 1. The maximum absolute atomic E-state index is 13.1. The fourth-order valence-electron chi connectivity index (χ4n) is 1.18. The monoisotopic (exact) mass is 225 g/mol. The molecule has 0 bridgehead atoms. The van der Waals surface area contributed by atoms with Crippen molar-refractivity contribution in [2.75, 3.05) is 12.4 Å². The van der Waals surface area contributed by atoms with E-state index >= 15 is 0 Å². The number of hydrogen-bond donors (Lipinski definition) is 1. The Bertz CT molecular complexity index is 382. The molecule has 0 unspecified atom stereocenters. The summed E-state index contributed by atoms with van der Waals surface area (Å²) >= 11 is 0. The van der Waals surface area contributed by atoms with Crippen LogP contribution in [0.4, 0.5) is 10.1 Å². The van der Waals surface area contributed by atoms with E-state index in [2.05, 4.69) is 5.32 Å². The molecule has 1 aromatic carbocycles. The Morgan fingerprint density at radius 1 is 1.38 bits per heavy atom. The molecule has 0 radical (unpaired) electrons. The Morgan fingerprint density at radius 2 is 2.00 bits per heavy atom. The van der Waals surface area contributed by atoms with E-state index in [4.69, 9.17) is 4.74 Å². The summed E-state index contributed by atoms with van der Waals surface area (Å²) in [5.74, 6) is -0.675. The third-order valence-electron chi connectivity index (χ3n) is 2.36. The lowest BCUT2D eigenvalue weighted by atomic mass is 10.1. The Morgan fingerprint density at radius 3 is 2.50 bits per heavy atom. The molecule has 0 saturated heterocycles. The van der Waals surface area contributed by atoms with Crippen LogP contribution in [-0.4, -0.2) is 18.6 Å². The van der Waals surface area contributed by atoms with Gasteiger partial charge in [-0.15, -0.1) is 0 Å². The van der Waals surface area contributed by atoms with Crippen molar-refractivity contribution in [3.63, 3.8) is 0 Å². The van der Waals surface area contributed by atoms with Gasteiger partial charge in [0.25, 0.3) is 5.91 Å². The van der Waals surface area contributed by atoms with Gasteiger partial charge in [0.05, 0.1) is 0 Å². The zero-order valence-corrected chi connectivity index (χ0v) is 9.93. The highest BCUT2D eigenvalue weighted by molar-refractivity contribution is 5.96. The minimum Gasteiger partial charge on any atom is -0.369 e. The standard InChI is InChI=1S/C12H16FNO2/c1-8-5-9(13)7-10(6-8)14-11(15)12(2,3)16-4/h5-7H,1-4H3,(H,14,15). The van der Waals surface area contributed by atoms with Gasteiger partial charge in [0.15, 0.2) is 0 Å². The molecule has 0 heterocycles. The first-order valence-corrected chi connectivity index (χ1v) is 4.99. The second-order valence-corrected chi connectivity index (χ2v) is 4.19. The average molecular weight is 225 g/mol. The van der Waals surface area contributed by atoms with Crippen LogP contribution in [0.25, 0.3) is 0 Å². The fraction of sp³-hybridized carbons (Fsp3) is 0.417. The smallest absolute Gasteiger partial charge is 0.256 e. The van der Waals surface area contributed by atoms with Crippen LogP contribution in [-0.2, 0) is 9.53 Å². The van der Waals surface area contributed by atoms with Crippen LogP contribution in [0.15, 0.2) is 18.2 Å². The van der Waals surface area contributed by atoms with Crippen LogP contribution < -0.4 is 5.32 Å². The van der Waals surface area contributed by atoms with Gasteiger partial charge < -0.3 is 10.1 Å². The minimum atomic E-state index is -0.930. The van der Waals surface area contributed by atoms with Crippen molar-refractivity contribution in [2.24, 2.45) is 0 Å². The first-order valence-electron chi connectivity index (χ1n) is 4.99. The van der Waals surface area contributed by atoms with E-state index in [0.717, 1.165) is 5.56 Å². The summed E-state index contributed by atoms with van der Waals surface area (Å²) in [5.41, 5.74) is 0.262. The van der Waals surface area contributed by atoms with Crippen molar-refractivity contribution in [3.05, 3.63) is 29.6 Å². The average Bonchev–Trinajstić information content (AvgIpc) is 2.15. The van der Waals surface area contributed by atoms with Crippen LogP contribution in [0.2, 0.25) is 0 Å². The zero-order chi connectivity index (χ0) is 12.3. The molecule has 16 heavy (non-hydrogen) atoms. The lowest BCUT2D eigenvalue weighted by Crippen LogP contribution is -2.38. The Labute approximate surface area is 94.6 Å². The van der Waals surface area contributed by atoms with E-state index in [1.807, 2.05) is 0 Å². The van der Waals surface area contributed by atoms with Gasteiger partial charge in [-0.1, -0.05) is 0 Å². The highest BCUT2D eigenvalue weighted by Crippen LogP contribution is 2.16. The van der Waals surface area contributed by atoms with Gasteiger partial charge in [0, 0.05) is 12.8 Å². The highest BCUT2D eigenvalue weighted by atomic mass is 19.1. The van der Waals surface area contributed by atoms with Crippen LogP contribution in [0.5, 0.6) is 0 Å². The first-order chi connectivity index (χ1) is 7.35. The van der Waals surface area contributed by atoms with Crippen molar-refractivity contribution >= 4 is 11.6 Å². The normalized spacial score (nSPS) is 11.3. The van der Waals surface area contributed by atoms with Gasteiger partial charge in [-0.05, 0) is 44.5 Å². The quantitative estimate of drug-likeness (QED) is 0.858. The van der Waals surface area contributed by atoms with E-state index < -0.39 is 5.60 Å². The number of halogens is 1. The molecule has 88 valence electrons. The van der Waals surface area contributed by atoms with Crippen LogP contribution in [0.3, 0.4) is 0 Å². The topological polar surface area (TPSA) is 38.3 Å². The number of aryl methyl sites for hydroxylation is 1. The molecule has 1 aromatic rings. The third-order valence-corrected chi connectivity index (χ3v) is 2.36. The maximum Gasteiger partial charge on any atom is 0.256 e. The predicted octanol–water partition coefficient (Wildman–Crippen LogP) is 2.50. The second-order valence-electron chi connectivity index (χ2n) is 4.19. The molecule has 0 spiro atoms. The number of rotatable bonds is 3. The molecule has 0 fully saturated rings. The molecule has 0 atom stereocenters. The molecular formula is C12H16FNO2. The molecule has 3 nitrogen and oxygen atoms in total. The molecule has 1 N–H and O–H groups in total. The fourth-order valence-corrected chi connectivity index (χ4v) is 1.18. The first kappa shape index (κ1) is 12.6. The molecule has 1 rings (SSSR count). The largest absolute Gasteiger partial charge is 0.369 e. The second kappa shape index (κ2) is 4.61.